The van der Waals surface area contributed by atoms with Crippen molar-refractivity contribution in [2.45, 2.75) is 32.1 Å². The Morgan fingerprint density at radius 2 is 1.33 bits per heavy atom. The van der Waals surface area contributed by atoms with Crippen LogP contribution in [-0.2, 0) is 0 Å². The van der Waals surface area contributed by atoms with E-state index in [2.05, 4.69) is 43.6 Å². The summed E-state index contributed by atoms with van der Waals surface area (Å²) in [5, 5.41) is 0. The molecule has 0 amide bonds. The SMILES string of the molecule is CN(C)CCCN(C)CCCCCCS. The summed E-state index contributed by atoms with van der Waals surface area (Å²) >= 11 is 4.21. The van der Waals surface area contributed by atoms with E-state index in [4.69, 9.17) is 0 Å². The molecule has 0 atom stereocenters. The highest BCUT2D eigenvalue weighted by atomic mass is 32.1. The van der Waals surface area contributed by atoms with E-state index < -0.39 is 0 Å². The van der Waals surface area contributed by atoms with Crippen molar-refractivity contribution in [3.8, 4) is 0 Å². The van der Waals surface area contributed by atoms with Gasteiger partial charge in [-0.25, -0.2) is 0 Å². The van der Waals surface area contributed by atoms with Crippen LogP contribution in [0.3, 0.4) is 0 Å². The topological polar surface area (TPSA) is 6.48 Å². The van der Waals surface area contributed by atoms with Gasteiger partial charge in [0.25, 0.3) is 0 Å². The van der Waals surface area contributed by atoms with E-state index in [-0.39, 0.29) is 0 Å². The van der Waals surface area contributed by atoms with Crippen LogP contribution < -0.4 is 0 Å². The maximum absolute atomic E-state index is 4.21. The molecule has 0 aliphatic rings. The summed E-state index contributed by atoms with van der Waals surface area (Å²) in [6.45, 7) is 3.68. The first kappa shape index (κ1) is 15.3. The Morgan fingerprint density at radius 3 is 1.93 bits per heavy atom. The maximum atomic E-state index is 4.21. The molecule has 0 aromatic carbocycles. The maximum Gasteiger partial charge on any atom is -0.000960 e. The summed E-state index contributed by atoms with van der Waals surface area (Å²) in [6, 6.07) is 0. The Morgan fingerprint density at radius 1 is 0.733 bits per heavy atom. The quantitative estimate of drug-likeness (QED) is 0.456. The second-order valence-electron chi connectivity index (χ2n) is 4.60. The minimum Gasteiger partial charge on any atom is -0.309 e. The first-order valence-electron chi connectivity index (χ1n) is 6.11. The summed E-state index contributed by atoms with van der Waals surface area (Å²) in [5.41, 5.74) is 0. The molecule has 15 heavy (non-hydrogen) atoms. The Balaban J connectivity index is 3.15. The smallest absolute Gasteiger partial charge is 0.000960 e. The van der Waals surface area contributed by atoms with Gasteiger partial charge in [-0.15, -0.1) is 0 Å². The van der Waals surface area contributed by atoms with Crippen LogP contribution in [0.15, 0.2) is 0 Å². The fraction of sp³-hybridized carbons (Fsp3) is 1.00. The van der Waals surface area contributed by atoms with Crippen LogP contribution >= 0.6 is 12.6 Å². The van der Waals surface area contributed by atoms with Gasteiger partial charge in [0, 0.05) is 0 Å². The number of nitrogens with zero attached hydrogens (tertiary/aromatic N) is 2. The lowest BCUT2D eigenvalue weighted by molar-refractivity contribution is 0.294. The summed E-state index contributed by atoms with van der Waals surface area (Å²) in [4.78, 5) is 4.70. The van der Waals surface area contributed by atoms with E-state index >= 15 is 0 Å². The van der Waals surface area contributed by atoms with E-state index in [1.807, 2.05) is 0 Å². The molecular weight excluding hydrogens is 204 g/mol. The van der Waals surface area contributed by atoms with Gasteiger partial charge in [0.2, 0.25) is 0 Å². The molecule has 0 aliphatic heterocycles. The molecule has 0 saturated carbocycles. The monoisotopic (exact) mass is 232 g/mol. The molecule has 0 spiro atoms. The lowest BCUT2D eigenvalue weighted by atomic mass is 10.2. The Kier molecular flexibility index (Phi) is 11.0. The molecule has 0 aliphatic carbocycles. The molecule has 0 aromatic rings. The molecule has 0 saturated heterocycles. The highest BCUT2D eigenvalue weighted by molar-refractivity contribution is 7.80. The van der Waals surface area contributed by atoms with E-state index in [1.165, 1.54) is 51.7 Å². The van der Waals surface area contributed by atoms with Crippen molar-refractivity contribution in [1.82, 2.24) is 9.80 Å². The molecule has 0 N–H and O–H groups in total. The van der Waals surface area contributed by atoms with Gasteiger partial charge >= 0.3 is 0 Å². The second kappa shape index (κ2) is 10.8. The largest absolute Gasteiger partial charge is 0.309 e. The molecule has 0 aromatic heterocycles. The number of unbranched alkanes of at least 4 members (excludes halogenated alkanes) is 3. The summed E-state index contributed by atoms with van der Waals surface area (Å²) < 4.78 is 0. The van der Waals surface area contributed by atoms with E-state index in [0.29, 0.717) is 0 Å². The van der Waals surface area contributed by atoms with Crippen LogP contribution in [0.1, 0.15) is 32.1 Å². The van der Waals surface area contributed by atoms with Gasteiger partial charge in [-0.05, 0) is 65.8 Å². The van der Waals surface area contributed by atoms with Gasteiger partial charge in [-0.2, -0.15) is 12.6 Å². The van der Waals surface area contributed by atoms with Crippen molar-refractivity contribution < 1.29 is 0 Å². The molecule has 0 heterocycles. The third-order valence-corrected chi connectivity index (χ3v) is 2.91. The predicted molar refractivity (Wildman–Crippen MR) is 73.0 cm³/mol. The highest BCUT2D eigenvalue weighted by Gasteiger charge is 1.98. The third kappa shape index (κ3) is 12.2. The Bertz CT molecular complexity index is 129. The van der Waals surface area contributed by atoms with E-state index in [1.54, 1.807) is 0 Å². The lowest BCUT2D eigenvalue weighted by Gasteiger charge is -2.17. The Hall–Kier alpha value is 0.270. The highest BCUT2D eigenvalue weighted by Crippen LogP contribution is 2.02. The van der Waals surface area contributed by atoms with E-state index in [0.717, 1.165) is 5.75 Å². The number of hydrogen-bond acceptors (Lipinski definition) is 3. The van der Waals surface area contributed by atoms with Crippen molar-refractivity contribution >= 4 is 12.6 Å². The first-order chi connectivity index (χ1) is 7.16. The average Bonchev–Trinajstić information content (AvgIpc) is 2.17. The number of rotatable bonds is 10. The summed E-state index contributed by atoms with van der Waals surface area (Å²) in [7, 11) is 6.50. The van der Waals surface area contributed by atoms with Gasteiger partial charge < -0.3 is 9.80 Å². The zero-order chi connectivity index (χ0) is 11.5. The molecule has 0 bridgehead atoms. The zero-order valence-corrected chi connectivity index (χ0v) is 11.6. The normalized spacial score (nSPS) is 11.6. The van der Waals surface area contributed by atoms with Gasteiger partial charge in [-0.1, -0.05) is 12.8 Å². The van der Waals surface area contributed by atoms with Gasteiger partial charge in [0.1, 0.15) is 0 Å². The molecular formula is C12H28N2S. The second-order valence-corrected chi connectivity index (χ2v) is 5.05. The van der Waals surface area contributed by atoms with E-state index in [9.17, 15) is 0 Å². The van der Waals surface area contributed by atoms with Crippen molar-refractivity contribution in [2.24, 2.45) is 0 Å². The molecule has 0 fully saturated rings. The molecule has 0 radical (unpaired) electrons. The number of hydrogen-bond donors (Lipinski definition) is 1. The summed E-state index contributed by atoms with van der Waals surface area (Å²) in [5.74, 6) is 1.04. The zero-order valence-electron chi connectivity index (χ0n) is 10.7. The fourth-order valence-corrected chi connectivity index (χ4v) is 1.84. The van der Waals surface area contributed by atoms with Gasteiger partial charge in [0.15, 0.2) is 0 Å². The van der Waals surface area contributed by atoms with Crippen LogP contribution in [0.4, 0.5) is 0 Å². The van der Waals surface area contributed by atoms with Crippen LogP contribution in [0, 0.1) is 0 Å². The van der Waals surface area contributed by atoms with Crippen molar-refractivity contribution in [3.63, 3.8) is 0 Å². The predicted octanol–water partition coefficient (Wildman–Crippen LogP) is 2.36. The fourth-order valence-electron chi connectivity index (χ4n) is 1.62. The standard InChI is InChI=1S/C12H28N2S/c1-13(2)9-8-11-14(3)10-6-4-5-7-12-15/h15H,4-12H2,1-3H3. The molecule has 2 nitrogen and oxygen atoms in total. The first-order valence-corrected chi connectivity index (χ1v) is 6.74. The van der Waals surface area contributed by atoms with Crippen LogP contribution in [0.5, 0.6) is 0 Å². The summed E-state index contributed by atoms with van der Waals surface area (Å²) in [6.07, 6.45) is 6.59. The van der Waals surface area contributed by atoms with Crippen LogP contribution in [0.25, 0.3) is 0 Å². The van der Waals surface area contributed by atoms with Crippen LogP contribution in [0.2, 0.25) is 0 Å². The molecule has 3 heteroatoms. The minimum absolute atomic E-state index is 1.04. The average molecular weight is 232 g/mol. The molecule has 92 valence electrons. The van der Waals surface area contributed by atoms with Gasteiger partial charge in [-0.3, -0.25) is 0 Å². The molecule has 0 rings (SSSR count). The van der Waals surface area contributed by atoms with Crippen molar-refractivity contribution in [3.05, 3.63) is 0 Å². The minimum atomic E-state index is 1.04. The van der Waals surface area contributed by atoms with Crippen molar-refractivity contribution in [2.75, 3.05) is 46.5 Å². The Labute approximate surface area is 101 Å². The lowest BCUT2D eigenvalue weighted by Crippen LogP contribution is -2.24. The van der Waals surface area contributed by atoms with Gasteiger partial charge in [0.05, 0.1) is 0 Å². The number of thiol groups is 1. The molecule has 0 unspecified atom stereocenters. The van der Waals surface area contributed by atoms with Crippen LogP contribution in [-0.4, -0.2) is 56.3 Å². The third-order valence-electron chi connectivity index (χ3n) is 2.59. The van der Waals surface area contributed by atoms with Crippen molar-refractivity contribution in [1.29, 1.82) is 0 Å².